The molecule has 144 valence electrons. The van der Waals surface area contributed by atoms with E-state index in [4.69, 9.17) is 16.3 Å². The summed E-state index contributed by atoms with van der Waals surface area (Å²) >= 11 is 5.80. The van der Waals surface area contributed by atoms with Crippen molar-refractivity contribution in [1.82, 2.24) is 15.2 Å². The van der Waals surface area contributed by atoms with E-state index in [9.17, 15) is 14.4 Å². The smallest absolute Gasteiger partial charge is 0.258 e. The Balaban J connectivity index is 1.94. The molecule has 0 saturated heterocycles. The number of ether oxygens (including phenoxy) is 1. The fourth-order valence-electron chi connectivity index (χ4n) is 2.62. The number of carbonyl (C=O) groups is 3. The molecule has 0 fully saturated rings. The summed E-state index contributed by atoms with van der Waals surface area (Å²) in [5.41, 5.74) is 2.08. The van der Waals surface area contributed by atoms with Gasteiger partial charge in [-0.15, -0.1) is 0 Å². The van der Waals surface area contributed by atoms with E-state index in [-0.39, 0.29) is 25.0 Å². The fraction of sp³-hybridized carbons (Fsp3) is 0.316. The minimum absolute atomic E-state index is 0.121. The van der Waals surface area contributed by atoms with Crippen molar-refractivity contribution in [1.29, 1.82) is 0 Å². The van der Waals surface area contributed by atoms with Gasteiger partial charge in [-0.25, -0.2) is 0 Å². The van der Waals surface area contributed by atoms with Gasteiger partial charge in [0.1, 0.15) is 5.75 Å². The Morgan fingerprint density at radius 3 is 2.56 bits per heavy atom. The van der Waals surface area contributed by atoms with Gasteiger partial charge in [0.15, 0.2) is 12.9 Å². The van der Waals surface area contributed by atoms with Crippen LogP contribution in [0, 0.1) is 6.92 Å². The van der Waals surface area contributed by atoms with Crippen molar-refractivity contribution in [2.75, 3.05) is 13.2 Å². The molecule has 0 atom stereocenters. The molecule has 0 aliphatic heterocycles. The SMILES string of the molecule is CC(=O)NCCn1c(C)cc(C=O)c1CNC(=O)COc1ccc(Cl)cc1. The number of aromatic nitrogens is 1. The van der Waals surface area contributed by atoms with Gasteiger partial charge < -0.3 is 19.9 Å². The topological polar surface area (TPSA) is 89.4 Å². The molecule has 2 aromatic rings. The number of aldehydes is 1. The highest BCUT2D eigenvalue weighted by Gasteiger charge is 2.14. The summed E-state index contributed by atoms with van der Waals surface area (Å²) in [5.74, 6) is 0.108. The summed E-state index contributed by atoms with van der Waals surface area (Å²) in [7, 11) is 0. The van der Waals surface area contributed by atoms with E-state index in [1.165, 1.54) is 6.92 Å². The van der Waals surface area contributed by atoms with Gasteiger partial charge in [-0.2, -0.15) is 0 Å². The van der Waals surface area contributed by atoms with Crippen molar-refractivity contribution in [3.05, 3.63) is 52.3 Å². The summed E-state index contributed by atoms with van der Waals surface area (Å²) in [6.07, 6.45) is 0.758. The molecular weight excluding hydrogens is 370 g/mol. The number of aryl methyl sites for hydroxylation is 1. The lowest BCUT2D eigenvalue weighted by molar-refractivity contribution is -0.123. The maximum absolute atomic E-state index is 12.1. The fourth-order valence-corrected chi connectivity index (χ4v) is 2.75. The van der Waals surface area contributed by atoms with Gasteiger partial charge in [-0.1, -0.05) is 11.6 Å². The third-order valence-electron chi connectivity index (χ3n) is 3.92. The van der Waals surface area contributed by atoms with E-state index in [0.29, 0.717) is 35.1 Å². The lowest BCUT2D eigenvalue weighted by Crippen LogP contribution is -2.31. The summed E-state index contributed by atoms with van der Waals surface area (Å²) in [6.45, 7) is 4.29. The van der Waals surface area contributed by atoms with Crippen LogP contribution < -0.4 is 15.4 Å². The molecule has 2 N–H and O–H groups in total. The van der Waals surface area contributed by atoms with Gasteiger partial charge in [0.05, 0.1) is 6.54 Å². The zero-order chi connectivity index (χ0) is 19.8. The van der Waals surface area contributed by atoms with Crippen LogP contribution in [0.1, 0.15) is 28.7 Å². The number of benzene rings is 1. The van der Waals surface area contributed by atoms with Crippen molar-refractivity contribution in [3.63, 3.8) is 0 Å². The minimum Gasteiger partial charge on any atom is -0.484 e. The molecule has 1 aromatic heterocycles. The van der Waals surface area contributed by atoms with Crippen molar-refractivity contribution in [2.45, 2.75) is 26.9 Å². The van der Waals surface area contributed by atoms with E-state index in [1.54, 1.807) is 30.3 Å². The zero-order valence-electron chi connectivity index (χ0n) is 15.3. The second kappa shape index (κ2) is 9.78. The lowest BCUT2D eigenvalue weighted by Gasteiger charge is -2.14. The number of amides is 2. The molecule has 0 radical (unpaired) electrons. The quantitative estimate of drug-likeness (QED) is 0.640. The van der Waals surface area contributed by atoms with Crippen LogP contribution in [0.4, 0.5) is 0 Å². The molecule has 1 aromatic carbocycles. The van der Waals surface area contributed by atoms with Gasteiger partial charge >= 0.3 is 0 Å². The maximum Gasteiger partial charge on any atom is 0.258 e. The molecule has 0 saturated carbocycles. The molecule has 27 heavy (non-hydrogen) atoms. The average Bonchev–Trinajstić information content (AvgIpc) is 2.94. The number of nitrogens with zero attached hydrogens (tertiary/aromatic N) is 1. The van der Waals surface area contributed by atoms with E-state index in [0.717, 1.165) is 12.0 Å². The first-order valence-electron chi connectivity index (χ1n) is 8.44. The van der Waals surface area contributed by atoms with Crippen molar-refractivity contribution < 1.29 is 19.1 Å². The summed E-state index contributed by atoms with van der Waals surface area (Å²) < 4.78 is 7.30. The number of hydrogen-bond acceptors (Lipinski definition) is 4. The second-order valence-corrected chi connectivity index (χ2v) is 6.40. The standard InChI is InChI=1S/C19H22ClN3O4/c1-13-9-15(11-24)18(23(13)8-7-21-14(2)25)10-22-19(26)12-27-17-5-3-16(20)4-6-17/h3-6,9,11H,7-8,10,12H2,1-2H3,(H,21,25)(H,22,26). The Bertz CT molecular complexity index is 815. The summed E-state index contributed by atoms with van der Waals surface area (Å²) in [6, 6.07) is 8.46. The highest BCUT2D eigenvalue weighted by molar-refractivity contribution is 6.30. The van der Waals surface area contributed by atoms with Crippen LogP contribution in [-0.4, -0.2) is 35.8 Å². The highest BCUT2D eigenvalue weighted by Crippen LogP contribution is 2.16. The summed E-state index contributed by atoms with van der Waals surface area (Å²) in [4.78, 5) is 34.4. The van der Waals surface area contributed by atoms with Gasteiger partial charge in [0.25, 0.3) is 5.91 Å². The highest BCUT2D eigenvalue weighted by atomic mass is 35.5. The van der Waals surface area contributed by atoms with Crippen LogP contribution in [0.5, 0.6) is 5.75 Å². The van der Waals surface area contributed by atoms with Gasteiger partial charge in [-0.05, 0) is 37.3 Å². The van der Waals surface area contributed by atoms with Crippen LogP contribution in [0.3, 0.4) is 0 Å². The molecular formula is C19H22ClN3O4. The molecule has 2 rings (SSSR count). The predicted octanol–water partition coefficient (Wildman–Crippen LogP) is 2.09. The number of rotatable bonds is 9. The van der Waals surface area contributed by atoms with Crippen LogP contribution in [0.15, 0.2) is 30.3 Å². The monoisotopic (exact) mass is 391 g/mol. The van der Waals surface area contributed by atoms with Gasteiger partial charge in [0, 0.05) is 42.0 Å². The lowest BCUT2D eigenvalue weighted by atomic mass is 10.2. The van der Waals surface area contributed by atoms with E-state index in [1.807, 2.05) is 11.5 Å². The first-order valence-corrected chi connectivity index (χ1v) is 8.82. The normalized spacial score (nSPS) is 10.3. The van der Waals surface area contributed by atoms with Crippen molar-refractivity contribution >= 4 is 29.7 Å². The van der Waals surface area contributed by atoms with Crippen LogP contribution in [-0.2, 0) is 22.7 Å². The molecule has 0 unspecified atom stereocenters. The number of nitrogens with one attached hydrogen (secondary N) is 2. The first-order chi connectivity index (χ1) is 12.9. The number of halogens is 1. The molecule has 0 spiro atoms. The van der Waals surface area contributed by atoms with Gasteiger partial charge in [-0.3, -0.25) is 14.4 Å². The largest absolute Gasteiger partial charge is 0.484 e. The molecule has 1 heterocycles. The Labute approximate surface area is 162 Å². The molecule has 8 heteroatoms. The van der Waals surface area contributed by atoms with Crippen LogP contribution in [0.25, 0.3) is 0 Å². The third kappa shape index (κ3) is 6.14. The predicted molar refractivity (Wildman–Crippen MR) is 102 cm³/mol. The van der Waals surface area contributed by atoms with Crippen molar-refractivity contribution in [2.24, 2.45) is 0 Å². The Morgan fingerprint density at radius 1 is 1.22 bits per heavy atom. The average molecular weight is 392 g/mol. The first kappa shape index (κ1) is 20.5. The zero-order valence-corrected chi connectivity index (χ0v) is 16.0. The van der Waals surface area contributed by atoms with Crippen LogP contribution in [0.2, 0.25) is 5.02 Å². The molecule has 2 amide bonds. The van der Waals surface area contributed by atoms with Crippen molar-refractivity contribution in [3.8, 4) is 5.75 Å². The van der Waals surface area contributed by atoms with Gasteiger partial charge in [0.2, 0.25) is 5.91 Å². The Morgan fingerprint density at radius 2 is 1.93 bits per heavy atom. The molecule has 0 aliphatic carbocycles. The van der Waals surface area contributed by atoms with E-state index >= 15 is 0 Å². The molecule has 7 nitrogen and oxygen atoms in total. The van der Waals surface area contributed by atoms with E-state index < -0.39 is 0 Å². The molecule has 0 bridgehead atoms. The Kier molecular flexibility index (Phi) is 7.43. The second-order valence-electron chi connectivity index (χ2n) is 5.96. The molecule has 0 aliphatic rings. The van der Waals surface area contributed by atoms with Crippen LogP contribution >= 0.6 is 11.6 Å². The minimum atomic E-state index is -0.311. The number of hydrogen-bond donors (Lipinski definition) is 2. The maximum atomic E-state index is 12.1. The summed E-state index contributed by atoms with van der Waals surface area (Å²) in [5, 5.41) is 6.06. The van der Waals surface area contributed by atoms with E-state index in [2.05, 4.69) is 10.6 Å². The third-order valence-corrected chi connectivity index (χ3v) is 4.17. The Hall–Kier alpha value is -2.80. The number of carbonyl (C=O) groups excluding carboxylic acids is 3.